The van der Waals surface area contributed by atoms with Gasteiger partial charge < -0.3 is 20.0 Å². The predicted octanol–water partition coefficient (Wildman–Crippen LogP) is 3.03. The fourth-order valence-corrected chi connectivity index (χ4v) is 3.15. The van der Waals surface area contributed by atoms with E-state index in [4.69, 9.17) is 19.8 Å². The number of halogens is 7. The van der Waals surface area contributed by atoms with Gasteiger partial charge in [-0.2, -0.15) is 26.3 Å². The summed E-state index contributed by atoms with van der Waals surface area (Å²) in [6, 6.07) is 4.70. The lowest BCUT2D eigenvalue weighted by atomic mass is 10.0. The molecule has 1 saturated heterocycles. The first kappa shape index (κ1) is 30.5. The van der Waals surface area contributed by atoms with E-state index in [0.717, 1.165) is 19.4 Å². The third-order valence-electron chi connectivity index (χ3n) is 4.69. The molecule has 0 aromatic carbocycles. The molecule has 0 bridgehead atoms. The number of likely N-dealkylation sites (N-methyl/N-ethyl adjacent to an activating group) is 1. The van der Waals surface area contributed by atoms with E-state index in [9.17, 15) is 30.7 Å². The smallest absolute Gasteiger partial charge is 0.475 e. The Hall–Kier alpha value is -3.56. The van der Waals surface area contributed by atoms with E-state index in [1.165, 1.54) is 18.0 Å². The highest BCUT2D eigenvalue weighted by Crippen LogP contribution is 2.27. The number of alkyl halides is 6. The Morgan fingerprint density at radius 3 is 1.92 bits per heavy atom. The average Bonchev–Trinajstić information content (AvgIpc) is 3.18. The molecule has 1 aliphatic rings. The minimum absolute atomic E-state index is 0.254. The van der Waals surface area contributed by atoms with E-state index >= 15 is 0 Å². The van der Waals surface area contributed by atoms with Gasteiger partial charge in [0.05, 0.1) is 18.4 Å². The molecule has 36 heavy (non-hydrogen) atoms. The van der Waals surface area contributed by atoms with Gasteiger partial charge in [0.15, 0.2) is 5.82 Å². The molecule has 9 nitrogen and oxygen atoms in total. The average molecular weight is 529 g/mol. The number of aromatic nitrogens is 3. The second-order valence-electron chi connectivity index (χ2n) is 7.45. The first-order chi connectivity index (χ1) is 16.5. The number of carbonyl (C=O) groups is 2. The largest absolute Gasteiger partial charge is 0.490 e. The van der Waals surface area contributed by atoms with Gasteiger partial charge in [0.1, 0.15) is 0 Å². The van der Waals surface area contributed by atoms with Gasteiger partial charge in [-0.15, -0.1) is 0 Å². The topological polar surface area (TPSA) is 120 Å². The molecule has 0 saturated carbocycles. The first-order valence-corrected chi connectivity index (χ1v) is 9.93. The third kappa shape index (κ3) is 9.97. The Morgan fingerprint density at radius 1 is 1.03 bits per heavy atom. The highest BCUT2D eigenvalue weighted by atomic mass is 19.4. The number of hydrogen-bond acceptors (Lipinski definition) is 7. The zero-order chi connectivity index (χ0) is 27.7. The predicted molar refractivity (Wildman–Crippen MR) is 111 cm³/mol. The standard InChI is InChI=1S/C16H20FN5.2C2HF3O2/c1-21(2)14-5-7-22(16-19-10-13(17)11-20-16)15(14)8-12-4-3-6-18-9-12;2*3-2(4,5)1(6)7/h3-4,6,9-11,14-15H,5,7-8H2,1-2H3;2*(H,6,7)/t14-,15+;;/m1../s1. The van der Waals surface area contributed by atoms with Crippen molar-refractivity contribution in [3.63, 3.8) is 0 Å². The van der Waals surface area contributed by atoms with Gasteiger partial charge in [0.25, 0.3) is 0 Å². The molecule has 2 N–H and O–H groups in total. The molecule has 1 aliphatic heterocycles. The SMILES string of the molecule is CN(C)[C@@H]1CCN(c2ncc(F)cn2)[C@H]1Cc1cccnc1.O=C(O)C(F)(F)F.O=C(O)C(F)(F)F. The van der Waals surface area contributed by atoms with Gasteiger partial charge in [-0.05, 0) is 38.6 Å². The number of hydrogen-bond donors (Lipinski definition) is 2. The summed E-state index contributed by atoms with van der Waals surface area (Å²) in [5, 5.41) is 14.2. The second kappa shape index (κ2) is 12.9. The van der Waals surface area contributed by atoms with Crippen molar-refractivity contribution in [3.8, 4) is 0 Å². The van der Waals surface area contributed by atoms with E-state index in [2.05, 4.69) is 44.9 Å². The summed E-state index contributed by atoms with van der Waals surface area (Å²) in [4.78, 5) is 34.7. The summed E-state index contributed by atoms with van der Waals surface area (Å²) in [5.74, 6) is -5.32. The number of aliphatic carboxylic acids is 2. The first-order valence-electron chi connectivity index (χ1n) is 9.93. The maximum atomic E-state index is 13.1. The number of nitrogens with zero attached hydrogens (tertiary/aromatic N) is 5. The summed E-state index contributed by atoms with van der Waals surface area (Å²) in [6.07, 6.45) is -2.12. The van der Waals surface area contributed by atoms with Gasteiger partial charge in [-0.25, -0.2) is 23.9 Å². The van der Waals surface area contributed by atoms with Crippen LogP contribution in [-0.2, 0) is 16.0 Å². The van der Waals surface area contributed by atoms with Crippen LogP contribution in [0.1, 0.15) is 12.0 Å². The van der Waals surface area contributed by atoms with E-state index in [1.54, 1.807) is 6.20 Å². The molecular formula is C20H22F7N5O4. The van der Waals surface area contributed by atoms with Crippen molar-refractivity contribution >= 4 is 17.9 Å². The van der Waals surface area contributed by atoms with E-state index in [0.29, 0.717) is 12.0 Å². The Bertz CT molecular complexity index is 949. The second-order valence-corrected chi connectivity index (χ2v) is 7.45. The number of rotatable bonds is 4. The number of carboxylic acid groups (broad SMARTS) is 2. The van der Waals surface area contributed by atoms with Crippen molar-refractivity contribution in [3.05, 3.63) is 48.3 Å². The maximum absolute atomic E-state index is 13.1. The van der Waals surface area contributed by atoms with Gasteiger partial charge in [-0.1, -0.05) is 6.07 Å². The van der Waals surface area contributed by atoms with Gasteiger partial charge in [0, 0.05) is 25.0 Å². The molecule has 0 radical (unpaired) electrons. The van der Waals surface area contributed by atoms with E-state index in [1.807, 2.05) is 12.3 Å². The lowest BCUT2D eigenvalue weighted by Gasteiger charge is -2.31. The minimum atomic E-state index is -5.08. The molecule has 3 heterocycles. The number of pyridine rings is 1. The summed E-state index contributed by atoms with van der Waals surface area (Å²) in [6.45, 7) is 0.874. The number of anilines is 1. The van der Waals surface area contributed by atoms with Crippen LogP contribution < -0.4 is 4.90 Å². The van der Waals surface area contributed by atoms with Gasteiger partial charge in [0.2, 0.25) is 5.95 Å². The van der Waals surface area contributed by atoms with Crippen LogP contribution in [-0.4, -0.2) is 87.1 Å². The molecule has 0 spiro atoms. The van der Waals surface area contributed by atoms with Crippen LogP contribution in [0.15, 0.2) is 36.9 Å². The minimum Gasteiger partial charge on any atom is -0.475 e. The highest BCUT2D eigenvalue weighted by molar-refractivity contribution is 5.73. The molecule has 0 aliphatic carbocycles. The fraction of sp³-hybridized carbons (Fsp3) is 0.450. The molecule has 0 unspecified atom stereocenters. The van der Waals surface area contributed by atoms with E-state index < -0.39 is 30.1 Å². The van der Waals surface area contributed by atoms with Crippen molar-refractivity contribution in [2.75, 3.05) is 25.5 Å². The Balaban J connectivity index is 0.000000383. The van der Waals surface area contributed by atoms with Crippen LogP contribution >= 0.6 is 0 Å². The zero-order valence-corrected chi connectivity index (χ0v) is 18.8. The molecule has 0 amide bonds. The van der Waals surface area contributed by atoms with Crippen LogP contribution in [0.4, 0.5) is 36.7 Å². The van der Waals surface area contributed by atoms with Gasteiger partial charge >= 0.3 is 24.3 Å². The van der Waals surface area contributed by atoms with Crippen LogP contribution in [0.25, 0.3) is 0 Å². The monoisotopic (exact) mass is 529 g/mol. The molecule has 2 atom stereocenters. The lowest BCUT2D eigenvalue weighted by Crippen LogP contribution is -2.44. The molecular weight excluding hydrogens is 507 g/mol. The zero-order valence-electron chi connectivity index (χ0n) is 18.8. The van der Waals surface area contributed by atoms with Crippen molar-refractivity contribution in [2.45, 2.75) is 37.3 Å². The highest BCUT2D eigenvalue weighted by Gasteiger charge is 2.39. The van der Waals surface area contributed by atoms with Gasteiger partial charge in [-0.3, -0.25) is 4.98 Å². The summed E-state index contributed by atoms with van der Waals surface area (Å²) in [5.41, 5.74) is 1.19. The molecule has 3 rings (SSSR count). The number of carboxylic acids is 2. The summed E-state index contributed by atoms with van der Waals surface area (Å²) >= 11 is 0. The Labute approximate surface area is 200 Å². The van der Waals surface area contributed by atoms with Crippen molar-refractivity contribution < 1.29 is 50.5 Å². The van der Waals surface area contributed by atoms with Crippen LogP contribution in [0.2, 0.25) is 0 Å². The van der Waals surface area contributed by atoms with Crippen molar-refractivity contribution in [1.29, 1.82) is 0 Å². The molecule has 200 valence electrons. The van der Waals surface area contributed by atoms with Crippen LogP contribution in [0.3, 0.4) is 0 Å². The molecule has 1 fully saturated rings. The van der Waals surface area contributed by atoms with E-state index in [-0.39, 0.29) is 6.04 Å². The van der Waals surface area contributed by atoms with Crippen molar-refractivity contribution in [2.24, 2.45) is 0 Å². The third-order valence-corrected chi connectivity index (χ3v) is 4.69. The lowest BCUT2D eigenvalue weighted by molar-refractivity contribution is -0.193. The molecule has 2 aromatic rings. The molecule has 16 heteroatoms. The summed E-state index contributed by atoms with van der Waals surface area (Å²) in [7, 11) is 4.19. The van der Waals surface area contributed by atoms with Crippen molar-refractivity contribution in [1.82, 2.24) is 19.9 Å². The Morgan fingerprint density at radius 2 is 1.53 bits per heavy atom. The Kier molecular flexibility index (Phi) is 11.0. The molecule has 2 aromatic heterocycles. The maximum Gasteiger partial charge on any atom is 0.490 e. The summed E-state index contributed by atoms with van der Waals surface area (Å²) < 4.78 is 76.5. The fourth-order valence-electron chi connectivity index (χ4n) is 3.15. The van der Waals surface area contributed by atoms with Crippen LogP contribution in [0.5, 0.6) is 0 Å². The normalized spacial score (nSPS) is 17.6. The quantitative estimate of drug-likeness (QED) is 0.576. The van der Waals surface area contributed by atoms with Crippen LogP contribution in [0, 0.1) is 5.82 Å².